The summed E-state index contributed by atoms with van der Waals surface area (Å²) in [6, 6.07) is 15.7. The van der Waals surface area contributed by atoms with Gasteiger partial charge >= 0.3 is 0 Å². The van der Waals surface area contributed by atoms with Crippen molar-refractivity contribution in [2.75, 3.05) is 12.4 Å². The number of fused-ring (bicyclic) bond motifs is 1. The van der Waals surface area contributed by atoms with Gasteiger partial charge in [0.2, 0.25) is 5.91 Å². The molecule has 1 aliphatic rings. The maximum Gasteiger partial charge on any atom is 0.232 e. The monoisotopic (exact) mass is 253 g/mol. The minimum atomic E-state index is -0.108. The highest BCUT2D eigenvalue weighted by atomic mass is 16.5. The van der Waals surface area contributed by atoms with Crippen molar-refractivity contribution in [3.8, 4) is 5.75 Å². The minimum absolute atomic E-state index is 0.0732. The molecular weight excluding hydrogens is 238 g/mol. The first-order valence-corrected chi connectivity index (χ1v) is 6.30. The first kappa shape index (κ1) is 11.8. The summed E-state index contributed by atoms with van der Waals surface area (Å²) < 4.78 is 5.22. The van der Waals surface area contributed by atoms with Gasteiger partial charge in [-0.1, -0.05) is 30.3 Å². The molecule has 0 spiro atoms. The summed E-state index contributed by atoms with van der Waals surface area (Å²) in [5, 5.41) is 2.93. The fraction of sp³-hybridized carbons (Fsp3) is 0.188. The van der Waals surface area contributed by atoms with E-state index in [0.717, 1.165) is 22.6 Å². The Balaban J connectivity index is 1.89. The molecule has 1 atom stereocenters. The van der Waals surface area contributed by atoms with Crippen molar-refractivity contribution in [3.05, 3.63) is 59.7 Å². The van der Waals surface area contributed by atoms with Crippen LogP contribution >= 0.6 is 0 Å². The zero-order valence-electron chi connectivity index (χ0n) is 10.7. The molecule has 0 aromatic heterocycles. The van der Waals surface area contributed by atoms with Gasteiger partial charge in [0.15, 0.2) is 0 Å². The normalized spacial score (nSPS) is 16.9. The molecule has 96 valence electrons. The number of amides is 1. The Labute approximate surface area is 112 Å². The van der Waals surface area contributed by atoms with Gasteiger partial charge in [-0.2, -0.15) is 0 Å². The van der Waals surface area contributed by atoms with Crippen LogP contribution in [-0.2, 0) is 11.2 Å². The predicted octanol–water partition coefficient (Wildman–Crippen LogP) is 2.97. The average Bonchev–Trinajstić information content (AvgIpc) is 2.76. The Morgan fingerprint density at radius 1 is 1.16 bits per heavy atom. The van der Waals surface area contributed by atoms with Crippen molar-refractivity contribution in [1.82, 2.24) is 0 Å². The highest BCUT2D eigenvalue weighted by molar-refractivity contribution is 6.03. The lowest BCUT2D eigenvalue weighted by molar-refractivity contribution is -0.117. The molecule has 3 nitrogen and oxygen atoms in total. The van der Waals surface area contributed by atoms with E-state index in [1.165, 1.54) is 0 Å². The third-order valence-corrected chi connectivity index (χ3v) is 3.48. The van der Waals surface area contributed by atoms with E-state index in [4.69, 9.17) is 4.74 Å². The number of carbonyl (C=O) groups excluding carboxylic acids is 1. The summed E-state index contributed by atoms with van der Waals surface area (Å²) in [7, 11) is 1.65. The van der Waals surface area contributed by atoms with Gasteiger partial charge in [-0.05, 0) is 35.7 Å². The Kier molecular flexibility index (Phi) is 2.95. The standard InChI is InChI=1S/C16H15NO2/c1-19-12-6-4-5-11(9-12)10-14-13-7-2-3-8-15(13)17-16(14)18/h2-9,14H,10H2,1H3,(H,17,18)/t14-/m0/s1. The Bertz CT molecular complexity index is 622. The molecule has 3 rings (SSSR count). The van der Waals surface area contributed by atoms with Crippen LogP contribution in [0.25, 0.3) is 0 Å². The fourth-order valence-electron chi connectivity index (χ4n) is 2.51. The summed E-state index contributed by atoms with van der Waals surface area (Å²) >= 11 is 0. The zero-order valence-corrected chi connectivity index (χ0v) is 10.7. The second kappa shape index (κ2) is 4.76. The van der Waals surface area contributed by atoms with Crippen LogP contribution in [0, 0.1) is 0 Å². The molecule has 1 N–H and O–H groups in total. The number of anilines is 1. The van der Waals surface area contributed by atoms with Gasteiger partial charge in [-0.3, -0.25) is 4.79 Å². The van der Waals surface area contributed by atoms with Crippen LogP contribution in [-0.4, -0.2) is 13.0 Å². The highest BCUT2D eigenvalue weighted by Gasteiger charge is 2.29. The van der Waals surface area contributed by atoms with E-state index in [2.05, 4.69) is 5.32 Å². The molecule has 2 aromatic carbocycles. The van der Waals surface area contributed by atoms with Gasteiger partial charge in [-0.15, -0.1) is 0 Å². The van der Waals surface area contributed by atoms with E-state index in [1.54, 1.807) is 7.11 Å². The molecule has 1 heterocycles. The molecule has 3 heteroatoms. The summed E-state index contributed by atoms with van der Waals surface area (Å²) in [6.45, 7) is 0. The molecule has 0 fully saturated rings. The van der Waals surface area contributed by atoms with Crippen molar-refractivity contribution in [1.29, 1.82) is 0 Å². The summed E-state index contributed by atoms with van der Waals surface area (Å²) in [4.78, 5) is 12.0. The molecule has 0 unspecified atom stereocenters. The molecule has 0 bridgehead atoms. The number of rotatable bonds is 3. The molecule has 0 saturated heterocycles. The lowest BCUT2D eigenvalue weighted by Crippen LogP contribution is -2.14. The molecule has 1 aliphatic heterocycles. The van der Waals surface area contributed by atoms with E-state index in [9.17, 15) is 4.79 Å². The third kappa shape index (κ3) is 2.19. The Morgan fingerprint density at radius 3 is 2.84 bits per heavy atom. The summed E-state index contributed by atoms with van der Waals surface area (Å²) in [6.07, 6.45) is 0.694. The number of para-hydroxylation sites is 1. The van der Waals surface area contributed by atoms with Gasteiger partial charge in [0.25, 0.3) is 0 Å². The lowest BCUT2D eigenvalue weighted by Gasteiger charge is -2.10. The number of hydrogen-bond acceptors (Lipinski definition) is 2. The maximum atomic E-state index is 12.0. The largest absolute Gasteiger partial charge is 0.497 e. The van der Waals surface area contributed by atoms with Crippen molar-refractivity contribution >= 4 is 11.6 Å². The lowest BCUT2D eigenvalue weighted by atomic mass is 9.93. The van der Waals surface area contributed by atoms with Crippen molar-refractivity contribution < 1.29 is 9.53 Å². The number of carbonyl (C=O) groups is 1. The third-order valence-electron chi connectivity index (χ3n) is 3.48. The van der Waals surface area contributed by atoms with Crippen LogP contribution in [0.3, 0.4) is 0 Å². The van der Waals surface area contributed by atoms with E-state index >= 15 is 0 Å². The van der Waals surface area contributed by atoms with Crippen LogP contribution in [0.15, 0.2) is 48.5 Å². The number of ether oxygens (including phenoxy) is 1. The molecule has 1 amide bonds. The molecule has 0 aliphatic carbocycles. The van der Waals surface area contributed by atoms with Crippen LogP contribution in [0.2, 0.25) is 0 Å². The van der Waals surface area contributed by atoms with Crippen LogP contribution in [0.4, 0.5) is 5.69 Å². The quantitative estimate of drug-likeness (QED) is 0.913. The zero-order chi connectivity index (χ0) is 13.2. The predicted molar refractivity (Wildman–Crippen MR) is 74.5 cm³/mol. The van der Waals surface area contributed by atoms with E-state index in [1.807, 2.05) is 48.5 Å². The summed E-state index contributed by atoms with van der Waals surface area (Å²) in [5.74, 6) is 0.788. The van der Waals surface area contributed by atoms with Gasteiger partial charge in [0.1, 0.15) is 5.75 Å². The number of benzene rings is 2. The van der Waals surface area contributed by atoms with E-state index in [0.29, 0.717) is 6.42 Å². The fourth-order valence-corrected chi connectivity index (χ4v) is 2.51. The average molecular weight is 253 g/mol. The molecular formula is C16H15NO2. The molecule has 0 radical (unpaired) electrons. The smallest absolute Gasteiger partial charge is 0.232 e. The van der Waals surface area contributed by atoms with E-state index in [-0.39, 0.29) is 11.8 Å². The molecule has 2 aromatic rings. The first-order valence-electron chi connectivity index (χ1n) is 6.30. The van der Waals surface area contributed by atoms with Crippen molar-refractivity contribution in [2.45, 2.75) is 12.3 Å². The molecule has 0 saturated carbocycles. The van der Waals surface area contributed by atoms with E-state index < -0.39 is 0 Å². The Morgan fingerprint density at radius 2 is 2.00 bits per heavy atom. The second-order valence-corrected chi connectivity index (χ2v) is 4.68. The second-order valence-electron chi connectivity index (χ2n) is 4.68. The first-order chi connectivity index (χ1) is 9.28. The Hall–Kier alpha value is -2.29. The van der Waals surface area contributed by atoms with Gasteiger partial charge in [-0.25, -0.2) is 0 Å². The minimum Gasteiger partial charge on any atom is -0.497 e. The molecule has 19 heavy (non-hydrogen) atoms. The SMILES string of the molecule is COc1cccc(C[C@@H]2C(=O)Nc3ccccc32)c1. The van der Waals surface area contributed by atoms with Crippen LogP contribution in [0.1, 0.15) is 17.0 Å². The summed E-state index contributed by atoms with van der Waals surface area (Å²) in [5.41, 5.74) is 3.12. The van der Waals surface area contributed by atoms with Crippen molar-refractivity contribution in [2.24, 2.45) is 0 Å². The van der Waals surface area contributed by atoms with Crippen LogP contribution < -0.4 is 10.1 Å². The maximum absolute atomic E-state index is 12.0. The van der Waals surface area contributed by atoms with Gasteiger partial charge in [0, 0.05) is 5.69 Å². The number of methoxy groups -OCH3 is 1. The van der Waals surface area contributed by atoms with Gasteiger partial charge in [0.05, 0.1) is 13.0 Å². The van der Waals surface area contributed by atoms with Gasteiger partial charge < -0.3 is 10.1 Å². The topological polar surface area (TPSA) is 38.3 Å². The number of nitrogens with one attached hydrogen (secondary N) is 1. The van der Waals surface area contributed by atoms with Crippen molar-refractivity contribution in [3.63, 3.8) is 0 Å². The highest BCUT2D eigenvalue weighted by Crippen LogP contribution is 2.34. The number of hydrogen-bond donors (Lipinski definition) is 1. The van der Waals surface area contributed by atoms with Crippen LogP contribution in [0.5, 0.6) is 5.75 Å².